The number of rotatable bonds is 2. The van der Waals surface area contributed by atoms with Crippen molar-refractivity contribution in [2.75, 3.05) is 20.3 Å². The van der Waals surface area contributed by atoms with Crippen LogP contribution in [0.1, 0.15) is 40.0 Å². The van der Waals surface area contributed by atoms with Crippen LogP contribution in [0.5, 0.6) is 0 Å². The van der Waals surface area contributed by atoms with Gasteiger partial charge in [-0.3, -0.25) is 0 Å². The Labute approximate surface area is 82.0 Å². The average molecular weight is 185 g/mol. The molecule has 1 saturated heterocycles. The largest absolute Gasteiger partial charge is 0.383 e. The molecular weight excluding hydrogens is 162 g/mol. The zero-order chi connectivity index (χ0) is 9.95. The Morgan fingerprint density at radius 1 is 1.31 bits per heavy atom. The molecule has 0 aromatic carbocycles. The van der Waals surface area contributed by atoms with Gasteiger partial charge in [0.15, 0.2) is 0 Å². The third kappa shape index (κ3) is 2.23. The second-order valence-corrected chi connectivity index (χ2v) is 5.15. The van der Waals surface area contributed by atoms with Crippen molar-refractivity contribution in [3.63, 3.8) is 0 Å². The molecule has 1 aliphatic heterocycles. The lowest BCUT2D eigenvalue weighted by atomic mass is 9.69. The predicted molar refractivity (Wildman–Crippen MR) is 55.9 cm³/mol. The van der Waals surface area contributed by atoms with Crippen molar-refractivity contribution in [3.8, 4) is 0 Å². The van der Waals surface area contributed by atoms with Gasteiger partial charge in [0, 0.05) is 12.6 Å². The fourth-order valence-electron chi connectivity index (χ4n) is 2.19. The average Bonchev–Trinajstić information content (AvgIpc) is 2.04. The highest BCUT2D eigenvalue weighted by atomic mass is 16.5. The normalized spacial score (nSPS) is 30.5. The molecule has 1 aliphatic rings. The number of nitrogens with one attached hydrogen (secondary N) is 1. The molecule has 1 N–H and O–H groups in total. The topological polar surface area (TPSA) is 21.3 Å². The van der Waals surface area contributed by atoms with E-state index in [9.17, 15) is 0 Å². The summed E-state index contributed by atoms with van der Waals surface area (Å²) in [7, 11) is 1.80. The number of methoxy groups -OCH3 is 1. The van der Waals surface area contributed by atoms with Crippen LogP contribution >= 0.6 is 0 Å². The van der Waals surface area contributed by atoms with Gasteiger partial charge in [-0.15, -0.1) is 0 Å². The summed E-state index contributed by atoms with van der Waals surface area (Å²) in [5.41, 5.74) is 0.476. The monoisotopic (exact) mass is 185 g/mol. The van der Waals surface area contributed by atoms with Crippen molar-refractivity contribution >= 4 is 0 Å². The van der Waals surface area contributed by atoms with Gasteiger partial charge >= 0.3 is 0 Å². The fourth-order valence-corrected chi connectivity index (χ4v) is 2.19. The molecule has 2 heteroatoms. The first-order valence-electron chi connectivity index (χ1n) is 5.26. The van der Waals surface area contributed by atoms with E-state index >= 15 is 0 Å². The van der Waals surface area contributed by atoms with Crippen LogP contribution in [0.15, 0.2) is 0 Å². The third-order valence-electron chi connectivity index (χ3n) is 3.32. The number of piperidine rings is 1. The molecule has 0 saturated carbocycles. The van der Waals surface area contributed by atoms with Gasteiger partial charge in [0.1, 0.15) is 0 Å². The lowest BCUT2D eigenvalue weighted by Crippen LogP contribution is -2.60. The standard InChI is InChI=1S/C11H23NO/c1-10(2,3)11(9-13-4)7-5-6-8-12-11/h12H,5-9H2,1-4H3. The first-order chi connectivity index (χ1) is 6.02. The Hall–Kier alpha value is -0.0800. The summed E-state index contributed by atoms with van der Waals surface area (Å²) in [6.45, 7) is 8.86. The molecule has 0 bridgehead atoms. The predicted octanol–water partition coefficient (Wildman–Crippen LogP) is 2.19. The molecule has 1 unspecified atom stereocenters. The van der Waals surface area contributed by atoms with E-state index in [2.05, 4.69) is 26.1 Å². The van der Waals surface area contributed by atoms with Gasteiger partial charge in [0.25, 0.3) is 0 Å². The molecule has 1 atom stereocenters. The molecule has 0 amide bonds. The van der Waals surface area contributed by atoms with Crippen molar-refractivity contribution in [2.45, 2.75) is 45.6 Å². The Kier molecular flexibility index (Phi) is 3.36. The van der Waals surface area contributed by atoms with Crippen molar-refractivity contribution in [1.82, 2.24) is 5.32 Å². The zero-order valence-corrected chi connectivity index (χ0v) is 9.44. The van der Waals surface area contributed by atoms with Crippen LogP contribution in [-0.4, -0.2) is 25.8 Å². The molecule has 1 fully saturated rings. The molecule has 0 aromatic rings. The SMILES string of the molecule is COCC1(C(C)(C)C)CCCCN1. The second kappa shape index (κ2) is 3.97. The third-order valence-corrected chi connectivity index (χ3v) is 3.32. The van der Waals surface area contributed by atoms with Crippen molar-refractivity contribution in [2.24, 2.45) is 5.41 Å². The summed E-state index contributed by atoms with van der Waals surface area (Å²) in [5.74, 6) is 0. The molecule has 0 spiro atoms. The van der Waals surface area contributed by atoms with E-state index in [4.69, 9.17) is 4.74 Å². The Bertz CT molecular complexity index is 148. The highest BCUT2D eigenvalue weighted by Gasteiger charge is 2.42. The first-order valence-corrected chi connectivity index (χ1v) is 5.26. The van der Waals surface area contributed by atoms with Crippen molar-refractivity contribution in [1.29, 1.82) is 0 Å². The summed E-state index contributed by atoms with van der Waals surface area (Å²) in [6, 6.07) is 0. The maximum Gasteiger partial charge on any atom is 0.0649 e. The lowest BCUT2D eigenvalue weighted by molar-refractivity contribution is 0.0153. The maximum atomic E-state index is 5.35. The van der Waals surface area contributed by atoms with E-state index in [1.807, 2.05) is 0 Å². The molecule has 1 heterocycles. The van der Waals surface area contributed by atoms with Crippen molar-refractivity contribution < 1.29 is 4.74 Å². The summed E-state index contributed by atoms with van der Waals surface area (Å²) in [6.07, 6.45) is 3.87. The van der Waals surface area contributed by atoms with Gasteiger partial charge in [0.2, 0.25) is 0 Å². The first kappa shape index (κ1) is 11.0. The van der Waals surface area contributed by atoms with E-state index in [0.29, 0.717) is 0 Å². The molecular formula is C11H23NO. The van der Waals surface area contributed by atoms with E-state index in [1.54, 1.807) is 7.11 Å². The van der Waals surface area contributed by atoms with Gasteiger partial charge in [-0.25, -0.2) is 0 Å². The minimum Gasteiger partial charge on any atom is -0.383 e. The number of hydrogen-bond acceptors (Lipinski definition) is 2. The summed E-state index contributed by atoms with van der Waals surface area (Å²) < 4.78 is 5.35. The van der Waals surface area contributed by atoms with Crippen molar-refractivity contribution in [3.05, 3.63) is 0 Å². The Morgan fingerprint density at radius 3 is 2.38 bits per heavy atom. The van der Waals surface area contributed by atoms with Crippen LogP contribution in [0.25, 0.3) is 0 Å². The Balaban J connectivity index is 2.73. The molecule has 0 aromatic heterocycles. The minimum absolute atomic E-state index is 0.194. The lowest BCUT2D eigenvalue weighted by Gasteiger charge is -2.47. The van der Waals surface area contributed by atoms with E-state index in [1.165, 1.54) is 19.3 Å². The van der Waals surface area contributed by atoms with Crippen LogP contribution in [0.3, 0.4) is 0 Å². The van der Waals surface area contributed by atoms with Gasteiger partial charge in [-0.1, -0.05) is 27.2 Å². The maximum absolute atomic E-state index is 5.35. The van der Waals surface area contributed by atoms with Gasteiger partial charge in [-0.05, 0) is 24.8 Å². The highest BCUT2D eigenvalue weighted by Crippen LogP contribution is 2.36. The zero-order valence-electron chi connectivity index (χ0n) is 9.44. The minimum atomic E-state index is 0.194. The van der Waals surface area contributed by atoms with E-state index in [0.717, 1.165) is 13.2 Å². The fraction of sp³-hybridized carbons (Fsp3) is 1.00. The number of ether oxygens (including phenoxy) is 1. The van der Waals surface area contributed by atoms with Gasteiger partial charge in [0.05, 0.1) is 6.61 Å². The van der Waals surface area contributed by atoms with Gasteiger partial charge < -0.3 is 10.1 Å². The summed E-state index contributed by atoms with van der Waals surface area (Å²) in [4.78, 5) is 0. The molecule has 1 rings (SSSR count). The van der Waals surface area contributed by atoms with Gasteiger partial charge in [-0.2, -0.15) is 0 Å². The molecule has 13 heavy (non-hydrogen) atoms. The summed E-state index contributed by atoms with van der Waals surface area (Å²) in [5, 5.41) is 3.65. The van der Waals surface area contributed by atoms with Crippen LogP contribution in [-0.2, 0) is 4.74 Å². The van der Waals surface area contributed by atoms with E-state index in [-0.39, 0.29) is 11.0 Å². The smallest absolute Gasteiger partial charge is 0.0649 e. The number of hydrogen-bond donors (Lipinski definition) is 1. The molecule has 2 nitrogen and oxygen atoms in total. The Morgan fingerprint density at radius 2 is 2.00 bits per heavy atom. The molecule has 0 aliphatic carbocycles. The van der Waals surface area contributed by atoms with Crippen LogP contribution < -0.4 is 5.32 Å². The summed E-state index contributed by atoms with van der Waals surface area (Å²) >= 11 is 0. The van der Waals surface area contributed by atoms with Crippen LogP contribution in [0, 0.1) is 5.41 Å². The van der Waals surface area contributed by atoms with Crippen LogP contribution in [0.2, 0.25) is 0 Å². The molecule has 0 radical (unpaired) electrons. The quantitative estimate of drug-likeness (QED) is 0.712. The van der Waals surface area contributed by atoms with Crippen LogP contribution in [0.4, 0.5) is 0 Å². The highest BCUT2D eigenvalue weighted by molar-refractivity contribution is 4.99. The second-order valence-electron chi connectivity index (χ2n) is 5.15. The van der Waals surface area contributed by atoms with E-state index < -0.39 is 0 Å². The molecule has 78 valence electrons.